The standard InChI is InChI=1S/C7H11N3O/c1-5-9-4-6(2-3-8)7(11)10-5/h4H,2-3,8H2,1H3,(H,9,10,11). The Kier molecular flexibility index (Phi) is 2.38. The van der Waals surface area contributed by atoms with E-state index in [0.717, 1.165) is 0 Å². The molecule has 0 aliphatic heterocycles. The van der Waals surface area contributed by atoms with Crippen molar-refractivity contribution in [3.05, 3.63) is 27.9 Å². The summed E-state index contributed by atoms with van der Waals surface area (Å²) in [6.45, 7) is 2.22. The van der Waals surface area contributed by atoms with E-state index in [0.29, 0.717) is 24.4 Å². The summed E-state index contributed by atoms with van der Waals surface area (Å²) in [4.78, 5) is 17.6. The van der Waals surface area contributed by atoms with E-state index in [1.807, 2.05) is 0 Å². The summed E-state index contributed by atoms with van der Waals surface area (Å²) in [7, 11) is 0. The van der Waals surface area contributed by atoms with Crippen molar-refractivity contribution in [3.63, 3.8) is 0 Å². The van der Waals surface area contributed by atoms with Crippen LogP contribution in [0.5, 0.6) is 0 Å². The molecule has 0 aliphatic rings. The molecule has 1 aromatic heterocycles. The molecule has 0 amide bonds. The molecule has 4 nitrogen and oxygen atoms in total. The molecule has 0 saturated carbocycles. The van der Waals surface area contributed by atoms with Crippen molar-refractivity contribution in [2.24, 2.45) is 5.73 Å². The van der Waals surface area contributed by atoms with Crippen molar-refractivity contribution in [1.82, 2.24) is 9.97 Å². The minimum absolute atomic E-state index is 0.0806. The molecule has 0 aliphatic carbocycles. The highest BCUT2D eigenvalue weighted by molar-refractivity contribution is 5.05. The van der Waals surface area contributed by atoms with Crippen molar-refractivity contribution < 1.29 is 0 Å². The first-order chi connectivity index (χ1) is 5.24. The maximum absolute atomic E-state index is 11.1. The fourth-order valence-electron chi connectivity index (χ4n) is 0.844. The highest BCUT2D eigenvalue weighted by Crippen LogP contribution is 1.87. The molecule has 60 valence electrons. The van der Waals surface area contributed by atoms with Crippen LogP contribution in [-0.4, -0.2) is 16.5 Å². The van der Waals surface area contributed by atoms with Crippen LogP contribution >= 0.6 is 0 Å². The highest BCUT2D eigenvalue weighted by Gasteiger charge is 1.97. The van der Waals surface area contributed by atoms with Crippen LogP contribution in [0.15, 0.2) is 11.0 Å². The van der Waals surface area contributed by atoms with Gasteiger partial charge in [0, 0.05) is 11.8 Å². The fraction of sp³-hybridized carbons (Fsp3) is 0.429. The van der Waals surface area contributed by atoms with Crippen molar-refractivity contribution in [2.45, 2.75) is 13.3 Å². The number of aromatic nitrogens is 2. The zero-order valence-electron chi connectivity index (χ0n) is 6.42. The predicted molar refractivity (Wildman–Crippen MR) is 42.4 cm³/mol. The molecular weight excluding hydrogens is 142 g/mol. The monoisotopic (exact) mass is 153 g/mol. The van der Waals surface area contributed by atoms with E-state index in [9.17, 15) is 4.79 Å². The molecule has 1 heterocycles. The van der Waals surface area contributed by atoms with Gasteiger partial charge in [0.2, 0.25) is 0 Å². The average molecular weight is 153 g/mol. The Balaban J connectivity index is 3.00. The minimum atomic E-state index is -0.0806. The Hall–Kier alpha value is -1.16. The molecule has 0 spiro atoms. The first-order valence-corrected chi connectivity index (χ1v) is 3.49. The Bertz CT molecular complexity index is 292. The second-order valence-corrected chi connectivity index (χ2v) is 2.36. The molecule has 3 N–H and O–H groups in total. The largest absolute Gasteiger partial charge is 0.330 e. The van der Waals surface area contributed by atoms with Gasteiger partial charge in [-0.05, 0) is 19.9 Å². The van der Waals surface area contributed by atoms with Crippen molar-refractivity contribution >= 4 is 0 Å². The first-order valence-electron chi connectivity index (χ1n) is 3.49. The lowest BCUT2D eigenvalue weighted by Crippen LogP contribution is -2.17. The third-order valence-electron chi connectivity index (χ3n) is 1.41. The number of aromatic amines is 1. The van der Waals surface area contributed by atoms with Crippen LogP contribution in [0.1, 0.15) is 11.4 Å². The third kappa shape index (κ3) is 1.88. The second kappa shape index (κ2) is 3.30. The van der Waals surface area contributed by atoms with Gasteiger partial charge in [0.05, 0.1) is 0 Å². The van der Waals surface area contributed by atoms with Gasteiger partial charge in [-0.25, -0.2) is 4.98 Å². The molecule has 0 atom stereocenters. The van der Waals surface area contributed by atoms with Crippen LogP contribution in [0, 0.1) is 6.92 Å². The Labute approximate surface area is 64.5 Å². The summed E-state index contributed by atoms with van der Waals surface area (Å²) in [6.07, 6.45) is 2.16. The van der Waals surface area contributed by atoms with E-state index in [1.54, 1.807) is 13.1 Å². The maximum atomic E-state index is 11.1. The van der Waals surface area contributed by atoms with Crippen LogP contribution in [0.3, 0.4) is 0 Å². The molecule has 1 rings (SSSR count). The van der Waals surface area contributed by atoms with Gasteiger partial charge in [0.25, 0.3) is 5.56 Å². The quantitative estimate of drug-likeness (QED) is 0.606. The number of rotatable bonds is 2. The number of nitrogens with two attached hydrogens (primary N) is 1. The SMILES string of the molecule is Cc1ncc(CCN)c(=O)[nH]1. The number of hydrogen-bond acceptors (Lipinski definition) is 3. The van der Waals surface area contributed by atoms with Gasteiger partial charge in [-0.3, -0.25) is 4.79 Å². The molecule has 0 saturated heterocycles. The first kappa shape index (κ1) is 7.94. The van der Waals surface area contributed by atoms with E-state index in [-0.39, 0.29) is 5.56 Å². The summed E-state index contributed by atoms with van der Waals surface area (Å²) in [6, 6.07) is 0. The van der Waals surface area contributed by atoms with Gasteiger partial charge in [-0.1, -0.05) is 0 Å². The Morgan fingerprint density at radius 2 is 2.45 bits per heavy atom. The summed E-state index contributed by atoms with van der Waals surface area (Å²) in [5, 5.41) is 0. The minimum Gasteiger partial charge on any atom is -0.330 e. The zero-order chi connectivity index (χ0) is 8.27. The van der Waals surface area contributed by atoms with Gasteiger partial charge < -0.3 is 10.7 Å². The van der Waals surface area contributed by atoms with E-state index >= 15 is 0 Å². The molecule has 1 aromatic rings. The van der Waals surface area contributed by atoms with Gasteiger partial charge >= 0.3 is 0 Å². The van der Waals surface area contributed by atoms with Crippen molar-refractivity contribution in [3.8, 4) is 0 Å². The lowest BCUT2D eigenvalue weighted by atomic mass is 10.2. The van der Waals surface area contributed by atoms with Crippen LogP contribution in [0.25, 0.3) is 0 Å². The van der Waals surface area contributed by atoms with E-state index in [2.05, 4.69) is 9.97 Å². The number of H-pyrrole nitrogens is 1. The number of aryl methyl sites for hydroxylation is 1. The fourth-order valence-corrected chi connectivity index (χ4v) is 0.844. The van der Waals surface area contributed by atoms with Gasteiger partial charge in [-0.2, -0.15) is 0 Å². The maximum Gasteiger partial charge on any atom is 0.254 e. The smallest absolute Gasteiger partial charge is 0.254 e. The molecule has 0 unspecified atom stereocenters. The van der Waals surface area contributed by atoms with Crippen LogP contribution in [0.4, 0.5) is 0 Å². The van der Waals surface area contributed by atoms with E-state index < -0.39 is 0 Å². The molecule has 4 heteroatoms. The predicted octanol–water partition coefficient (Wildman–Crippen LogP) is -0.420. The Morgan fingerprint density at radius 3 is 3.00 bits per heavy atom. The van der Waals surface area contributed by atoms with Crippen molar-refractivity contribution in [2.75, 3.05) is 6.54 Å². The number of hydrogen-bond donors (Lipinski definition) is 2. The summed E-state index contributed by atoms with van der Waals surface area (Å²) >= 11 is 0. The van der Waals surface area contributed by atoms with Crippen LogP contribution in [0.2, 0.25) is 0 Å². The van der Waals surface area contributed by atoms with Crippen LogP contribution < -0.4 is 11.3 Å². The highest BCUT2D eigenvalue weighted by atomic mass is 16.1. The Morgan fingerprint density at radius 1 is 1.73 bits per heavy atom. The number of nitrogens with zero attached hydrogens (tertiary/aromatic N) is 1. The molecule has 0 fully saturated rings. The molecule has 0 radical (unpaired) electrons. The number of nitrogens with one attached hydrogen (secondary N) is 1. The topological polar surface area (TPSA) is 71.8 Å². The summed E-state index contributed by atoms with van der Waals surface area (Å²) in [5.41, 5.74) is 5.86. The third-order valence-corrected chi connectivity index (χ3v) is 1.41. The lowest BCUT2D eigenvalue weighted by Gasteiger charge is -1.96. The van der Waals surface area contributed by atoms with Gasteiger partial charge in [0.15, 0.2) is 0 Å². The molecule has 0 bridgehead atoms. The van der Waals surface area contributed by atoms with Crippen LogP contribution in [-0.2, 0) is 6.42 Å². The average Bonchev–Trinajstić information content (AvgIpc) is 1.95. The lowest BCUT2D eigenvalue weighted by molar-refractivity contribution is 0.900. The van der Waals surface area contributed by atoms with E-state index in [4.69, 9.17) is 5.73 Å². The molecule has 0 aromatic carbocycles. The summed E-state index contributed by atoms with van der Waals surface area (Å²) < 4.78 is 0. The summed E-state index contributed by atoms with van der Waals surface area (Å²) in [5.74, 6) is 0.635. The molecule has 11 heavy (non-hydrogen) atoms. The van der Waals surface area contributed by atoms with Gasteiger partial charge in [-0.15, -0.1) is 0 Å². The van der Waals surface area contributed by atoms with Crippen molar-refractivity contribution in [1.29, 1.82) is 0 Å². The van der Waals surface area contributed by atoms with E-state index in [1.165, 1.54) is 0 Å². The van der Waals surface area contributed by atoms with Gasteiger partial charge in [0.1, 0.15) is 5.82 Å². The second-order valence-electron chi connectivity index (χ2n) is 2.36. The zero-order valence-corrected chi connectivity index (χ0v) is 6.42. The normalized spacial score (nSPS) is 10.0. The molecular formula is C7H11N3O.